The number of benzene rings is 2. The predicted molar refractivity (Wildman–Crippen MR) is 120 cm³/mol. The van der Waals surface area contributed by atoms with Crippen molar-refractivity contribution < 1.29 is 23.8 Å². The molecule has 1 N–H and O–H groups in total. The van der Waals surface area contributed by atoms with Crippen molar-refractivity contribution in [2.75, 3.05) is 6.54 Å². The molecule has 3 rings (SSSR count). The van der Waals surface area contributed by atoms with Crippen molar-refractivity contribution in [3.8, 4) is 5.75 Å². The highest BCUT2D eigenvalue weighted by Crippen LogP contribution is 2.38. The molecule has 0 bridgehead atoms. The van der Waals surface area contributed by atoms with Crippen LogP contribution in [0.1, 0.15) is 11.1 Å². The van der Waals surface area contributed by atoms with Crippen molar-refractivity contribution >= 4 is 78.1 Å². The maximum Gasteiger partial charge on any atom is 0.323 e. The maximum absolute atomic E-state index is 13.8. The minimum absolute atomic E-state index is 0.0526. The Morgan fingerprint density at radius 1 is 1.28 bits per heavy atom. The van der Waals surface area contributed by atoms with Crippen LogP contribution in [0.5, 0.6) is 5.75 Å². The number of carboxylic acids is 1. The zero-order valence-corrected chi connectivity index (χ0v) is 19.3. The predicted octanol–water partition coefficient (Wildman–Crippen LogP) is 5.22. The van der Waals surface area contributed by atoms with Crippen molar-refractivity contribution in [1.29, 1.82) is 0 Å². The van der Waals surface area contributed by atoms with Gasteiger partial charge in [0.1, 0.15) is 29.0 Å². The molecule has 2 aromatic rings. The van der Waals surface area contributed by atoms with E-state index >= 15 is 0 Å². The number of halogens is 3. The van der Waals surface area contributed by atoms with Crippen LogP contribution < -0.4 is 4.74 Å². The third-order valence-electron chi connectivity index (χ3n) is 3.82. The fourth-order valence-corrected chi connectivity index (χ4v) is 5.19. The quantitative estimate of drug-likeness (QED) is 0.386. The van der Waals surface area contributed by atoms with Gasteiger partial charge in [-0.15, -0.1) is 0 Å². The van der Waals surface area contributed by atoms with E-state index in [1.54, 1.807) is 36.4 Å². The molecule has 0 radical (unpaired) electrons. The van der Waals surface area contributed by atoms with E-state index in [1.165, 1.54) is 6.07 Å². The fraction of sp³-hybridized carbons (Fsp3) is 0.105. The molecule has 1 saturated heterocycles. The number of thioether (sulfide) groups is 1. The average molecular weight is 561 g/mol. The summed E-state index contributed by atoms with van der Waals surface area (Å²) < 4.78 is 20.9. The number of hydrogen-bond acceptors (Lipinski definition) is 5. The van der Waals surface area contributed by atoms with Crippen LogP contribution in [0.25, 0.3) is 6.08 Å². The smallest absolute Gasteiger partial charge is 0.323 e. The molecule has 1 amide bonds. The summed E-state index contributed by atoms with van der Waals surface area (Å²) in [5, 5.41) is 8.91. The molecule has 1 fully saturated rings. The normalized spacial score (nSPS) is 15.3. The van der Waals surface area contributed by atoms with Crippen LogP contribution in [0.15, 0.2) is 50.2 Å². The van der Waals surface area contributed by atoms with Crippen molar-refractivity contribution in [3.05, 3.63) is 67.2 Å². The molecule has 0 saturated carbocycles. The summed E-state index contributed by atoms with van der Waals surface area (Å²) in [6.45, 7) is -0.421. The summed E-state index contributed by atoms with van der Waals surface area (Å²) in [6, 6.07) is 9.83. The van der Waals surface area contributed by atoms with Gasteiger partial charge in [-0.1, -0.05) is 42.2 Å². The van der Waals surface area contributed by atoms with Crippen molar-refractivity contribution in [2.45, 2.75) is 6.61 Å². The van der Waals surface area contributed by atoms with Gasteiger partial charge in [0, 0.05) is 5.56 Å². The Bertz CT molecular complexity index is 1020. The van der Waals surface area contributed by atoms with Gasteiger partial charge in [-0.05, 0) is 61.7 Å². The van der Waals surface area contributed by atoms with Crippen LogP contribution in [-0.2, 0) is 16.2 Å². The summed E-state index contributed by atoms with van der Waals surface area (Å²) in [5.74, 6) is -1.44. The lowest BCUT2D eigenvalue weighted by atomic mass is 10.2. The SMILES string of the molecule is O=C(O)CN1C(=O)C(=Cc2cc(Br)c(OCc3ccccc3F)c(Br)c2)SC1=S. The molecule has 0 aromatic heterocycles. The first-order valence-electron chi connectivity index (χ1n) is 8.08. The van der Waals surface area contributed by atoms with Crippen LogP contribution in [0.4, 0.5) is 4.39 Å². The highest BCUT2D eigenvalue weighted by atomic mass is 79.9. The summed E-state index contributed by atoms with van der Waals surface area (Å²) in [7, 11) is 0. The first-order valence-corrected chi connectivity index (χ1v) is 10.9. The monoisotopic (exact) mass is 559 g/mol. The lowest BCUT2D eigenvalue weighted by Crippen LogP contribution is -2.33. The van der Waals surface area contributed by atoms with Gasteiger partial charge in [0.15, 0.2) is 0 Å². The van der Waals surface area contributed by atoms with Gasteiger partial charge in [0.05, 0.1) is 13.9 Å². The molecule has 1 heterocycles. The van der Waals surface area contributed by atoms with Gasteiger partial charge in [0.25, 0.3) is 5.91 Å². The number of rotatable bonds is 6. The number of thiocarbonyl (C=S) groups is 1. The number of hydrogen-bond donors (Lipinski definition) is 1. The molecule has 0 aliphatic carbocycles. The molecule has 1 aliphatic rings. The minimum Gasteiger partial charge on any atom is -0.486 e. The van der Waals surface area contributed by atoms with Crippen LogP contribution in [0, 0.1) is 5.82 Å². The first kappa shape index (κ1) is 21.9. The molecule has 150 valence electrons. The number of aliphatic carboxylic acids is 1. The number of amides is 1. The summed E-state index contributed by atoms with van der Waals surface area (Å²) in [4.78, 5) is 24.7. The maximum atomic E-state index is 13.8. The van der Waals surface area contributed by atoms with E-state index < -0.39 is 18.4 Å². The Labute approximate surface area is 192 Å². The van der Waals surface area contributed by atoms with Crippen molar-refractivity contribution in [3.63, 3.8) is 0 Å². The van der Waals surface area contributed by atoms with Gasteiger partial charge in [0.2, 0.25) is 0 Å². The summed E-state index contributed by atoms with van der Waals surface area (Å²) in [5.41, 5.74) is 1.11. The van der Waals surface area contributed by atoms with E-state index in [2.05, 4.69) is 31.9 Å². The van der Waals surface area contributed by atoms with E-state index in [9.17, 15) is 14.0 Å². The second-order valence-corrected chi connectivity index (χ2v) is 9.24. The molecule has 1 aliphatic heterocycles. The van der Waals surface area contributed by atoms with Crippen LogP contribution in [0.2, 0.25) is 0 Å². The van der Waals surface area contributed by atoms with Crippen molar-refractivity contribution in [1.82, 2.24) is 4.90 Å². The first-order chi connectivity index (χ1) is 13.8. The third-order valence-corrected chi connectivity index (χ3v) is 6.37. The van der Waals surface area contributed by atoms with Gasteiger partial charge in [-0.3, -0.25) is 14.5 Å². The molecular formula is C19H12Br2FNO4S2. The van der Waals surface area contributed by atoms with E-state index in [0.717, 1.165) is 16.7 Å². The minimum atomic E-state index is -1.13. The van der Waals surface area contributed by atoms with Gasteiger partial charge in [-0.2, -0.15) is 0 Å². The molecule has 2 aromatic carbocycles. The zero-order chi connectivity index (χ0) is 21.1. The highest BCUT2D eigenvalue weighted by molar-refractivity contribution is 9.11. The molecular weight excluding hydrogens is 549 g/mol. The van der Waals surface area contributed by atoms with Gasteiger partial charge in [-0.25, -0.2) is 4.39 Å². The Morgan fingerprint density at radius 3 is 2.55 bits per heavy atom. The number of carboxylic acid groups (broad SMARTS) is 1. The van der Waals surface area contributed by atoms with Crippen molar-refractivity contribution in [2.24, 2.45) is 0 Å². The second-order valence-electron chi connectivity index (χ2n) is 5.86. The number of carbonyl (C=O) groups excluding carboxylic acids is 1. The average Bonchev–Trinajstić information content (AvgIpc) is 2.89. The van der Waals surface area contributed by atoms with Crippen LogP contribution in [0.3, 0.4) is 0 Å². The molecule has 0 spiro atoms. The molecule has 5 nitrogen and oxygen atoms in total. The summed E-state index contributed by atoms with van der Waals surface area (Å²) in [6.07, 6.45) is 1.62. The topological polar surface area (TPSA) is 66.8 Å². The van der Waals surface area contributed by atoms with E-state index in [4.69, 9.17) is 22.1 Å². The largest absolute Gasteiger partial charge is 0.486 e. The van der Waals surface area contributed by atoms with E-state index in [1.807, 2.05) is 0 Å². The Balaban J connectivity index is 1.80. The molecule has 10 heteroatoms. The standard InChI is InChI=1S/C19H12Br2FNO4S2/c20-12-5-10(7-15-18(26)23(8-16(24)25)19(28)29-15)6-13(21)17(12)27-9-11-3-1-2-4-14(11)22/h1-7H,8-9H2,(H,24,25). The Morgan fingerprint density at radius 2 is 1.93 bits per heavy atom. The van der Waals surface area contributed by atoms with Crippen LogP contribution >= 0.6 is 55.8 Å². The molecule has 0 unspecified atom stereocenters. The number of nitrogens with zero attached hydrogens (tertiary/aromatic N) is 1. The molecule has 0 atom stereocenters. The zero-order valence-electron chi connectivity index (χ0n) is 14.5. The highest BCUT2D eigenvalue weighted by Gasteiger charge is 2.33. The fourth-order valence-electron chi connectivity index (χ4n) is 2.49. The third kappa shape index (κ3) is 5.25. The second kappa shape index (κ2) is 9.38. The van der Waals surface area contributed by atoms with Gasteiger partial charge < -0.3 is 9.84 Å². The Hall–Kier alpha value is -1.75. The number of ether oxygens (including phenoxy) is 1. The summed E-state index contributed by atoms with van der Waals surface area (Å²) >= 11 is 13.0. The van der Waals surface area contributed by atoms with E-state index in [-0.39, 0.29) is 16.7 Å². The van der Waals surface area contributed by atoms with E-state index in [0.29, 0.717) is 30.7 Å². The van der Waals surface area contributed by atoms with Gasteiger partial charge >= 0.3 is 5.97 Å². The van der Waals surface area contributed by atoms with Crippen LogP contribution in [-0.4, -0.2) is 32.7 Å². The lowest BCUT2D eigenvalue weighted by molar-refractivity contribution is -0.140. The number of carbonyl (C=O) groups is 2. The molecule has 29 heavy (non-hydrogen) atoms. The Kier molecular flexibility index (Phi) is 7.10. The lowest BCUT2D eigenvalue weighted by Gasteiger charge is -2.12.